The molecule has 6 nitrogen and oxygen atoms in total. The number of hydrogen-bond acceptors (Lipinski definition) is 4. The van der Waals surface area contributed by atoms with Crippen molar-refractivity contribution in [2.75, 3.05) is 42.9 Å². The van der Waals surface area contributed by atoms with E-state index in [9.17, 15) is 9.00 Å². The number of para-hydroxylation sites is 2. The fourth-order valence-electron chi connectivity index (χ4n) is 3.95. The fraction of sp³-hybridized carbons (Fsp3) is 0.269. The van der Waals surface area contributed by atoms with E-state index in [0.29, 0.717) is 23.5 Å². The molecule has 7 heteroatoms. The van der Waals surface area contributed by atoms with E-state index in [-0.39, 0.29) is 5.91 Å². The van der Waals surface area contributed by atoms with Crippen molar-refractivity contribution >= 4 is 28.3 Å². The highest BCUT2D eigenvalue weighted by molar-refractivity contribution is 7.86. The quantitative estimate of drug-likeness (QED) is 0.588. The molecule has 1 N–H and O–H groups in total. The van der Waals surface area contributed by atoms with Crippen LogP contribution in [0.2, 0.25) is 0 Å². The topological polar surface area (TPSA) is 61.9 Å². The van der Waals surface area contributed by atoms with Crippen LogP contribution in [0.5, 0.6) is 5.75 Å². The number of rotatable bonds is 6. The van der Waals surface area contributed by atoms with Crippen LogP contribution in [0.15, 0.2) is 71.6 Å². The molecular weight excluding hydrogens is 434 g/mol. The molecule has 3 aromatic rings. The number of carbonyl (C=O) groups excluding carboxylic acids is 1. The molecule has 1 unspecified atom stereocenters. The summed E-state index contributed by atoms with van der Waals surface area (Å²) in [4.78, 5) is 18.0. The van der Waals surface area contributed by atoms with Gasteiger partial charge < -0.3 is 19.3 Å². The Morgan fingerprint density at radius 2 is 1.64 bits per heavy atom. The number of ether oxygens (including phenoxy) is 1. The average Bonchev–Trinajstić information content (AvgIpc) is 2.85. The lowest BCUT2D eigenvalue weighted by molar-refractivity contribution is 0.0745. The molecule has 1 heterocycles. The van der Waals surface area contributed by atoms with Crippen molar-refractivity contribution in [2.45, 2.75) is 18.7 Å². The molecule has 0 aromatic heterocycles. The van der Waals surface area contributed by atoms with E-state index in [1.165, 1.54) is 0 Å². The van der Waals surface area contributed by atoms with Gasteiger partial charge in [0.05, 0.1) is 17.7 Å². The molecule has 1 aliphatic rings. The number of nitrogens with one attached hydrogen (secondary N) is 1. The Morgan fingerprint density at radius 3 is 2.33 bits per heavy atom. The van der Waals surface area contributed by atoms with Gasteiger partial charge in [-0.2, -0.15) is 0 Å². The molecule has 1 saturated heterocycles. The lowest BCUT2D eigenvalue weighted by Crippen LogP contribution is -2.49. The summed E-state index contributed by atoms with van der Waals surface area (Å²) in [5.41, 5.74) is 4.43. The summed E-state index contributed by atoms with van der Waals surface area (Å²) in [5.74, 6) is 0.811. The fourth-order valence-corrected chi connectivity index (χ4v) is 4.83. The minimum Gasteiger partial charge on any atom is -0.495 e. The number of piperazine rings is 1. The van der Waals surface area contributed by atoms with E-state index in [0.717, 1.165) is 41.3 Å². The molecule has 0 aliphatic carbocycles. The molecule has 1 atom stereocenters. The maximum Gasteiger partial charge on any atom is 0.254 e. The number of benzene rings is 3. The van der Waals surface area contributed by atoms with Gasteiger partial charge in [0.1, 0.15) is 16.7 Å². The van der Waals surface area contributed by atoms with Crippen molar-refractivity contribution in [3.05, 3.63) is 83.4 Å². The monoisotopic (exact) mass is 463 g/mol. The predicted octanol–water partition coefficient (Wildman–Crippen LogP) is 4.41. The van der Waals surface area contributed by atoms with Gasteiger partial charge in [0.2, 0.25) is 0 Å². The minimum absolute atomic E-state index is 0.0265. The van der Waals surface area contributed by atoms with E-state index in [1.54, 1.807) is 13.2 Å². The number of anilines is 2. The number of nitrogens with zero attached hydrogens (tertiary/aromatic N) is 2. The molecule has 0 radical (unpaired) electrons. The molecule has 0 saturated carbocycles. The van der Waals surface area contributed by atoms with E-state index in [2.05, 4.69) is 9.62 Å². The van der Waals surface area contributed by atoms with Gasteiger partial charge in [-0.05, 0) is 55.8 Å². The second-order valence-electron chi connectivity index (χ2n) is 8.16. The minimum atomic E-state index is -1.46. The number of amides is 1. The number of hydrogen-bond donors (Lipinski definition) is 1. The van der Waals surface area contributed by atoms with Crippen LogP contribution in [0.25, 0.3) is 0 Å². The second-order valence-corrected chi connectivity index (χ2v) is 9.38. The van der Waals surface area contributed by atoms with Gasteiger partial charge in [-0.3, -0.25) is 4.79 Å². The Bertz CT molecular complexity index is 1160. The Morgan fingerprint density at radius 1 is 0.939 bits per heavy atom. The Hall–Kier alpha value is -3.32. The summed E-state index contributed by atoms with van der Waals surface area (Å²) in [6.07, 6.45) is 0. The van der Waals surface area contributed by atoms with Crippen molar-refractivity contribution in [1.82, 2.24) is 4.90 Å². The van der Waals surface area contributed by atoms with Crippen molar-refractivity contribution in [3.8, 4) is 5.75 Å². The Kier molecular flexibility index (Phi) is 6.99. The van der Waals surface area contributed by atoms with Gasteiger partial charge in [-0.25, -0.2) is 4.21 Å². The first-order valence-corrected chi connectivity index (χ1v) is 12.1. The van der Waals surface area contributed by atoms with Crippen molar-refractivity contribution in [1.29, 1.82) is 0 Å². The summed E-state index contributed by atoms with van der Waals surface area (Å²) in [6.45, 7) is 6.61. The van der Waals surface area contributed by atoms with Crippen molar-refractivity contribution in [2.24, 2.45) is 0 Å². The highest BCUT2D eigenvalue weighted by atomic mass is 32.2. The zero-order valence-electron chi connectivity index (χ0n) is 19.2. The number of methoxy groups -OCH3 is 1. The molecule has 1 aliphatic heterocycles. The molecule has 4 rings (SSSR count). The molecule has 33 heavy (non-hydrogen) atoms. The van der Waals surface area contributed by atoms with Crippen LogP contribution in [0.3, 0.4) is 0 Å². The van der Waals surface area contributed by atoms with Gasteiger partial charge in [-0.1, -0.05) is 35.9 Å². The lowest BCUT2D eigenvalue weighted by atomic mass is 10.1. The normalized spacial score (nSPS) is 14.6. The largest absolute Gasteiger partial charge is 0.495 e. The third kappa shape index (κ3) is 5.20. The molecule has 3 aromatic carbocycles. The Labute approximate surface area is 197 Å². The maximum atomic E-state index is 13.3. The summed E-state index contributed by atoms with van der Waals surface area (Å²) in [6, 6.07) is 21.1. The summed E-state index contributed by atoms with van der Waals surface area (Å²) < 4.78 is 21.4. The highest BCUT2D eigenvalue weighted by Gasteiger charge is 2.25. The van der Waals surface area contributed by atoms with Crippen LogP contribution in [-0.2, 0) is 11.0 Å². The molecule has 1 fully saturated rings. The van der Waals surface area contributed by atoms with Crippen molar-refractivity contribution < 1.29 is 13.7 Å². The zero-order chi connectivity index (χ0) is 23.4. The van der Waals surface area contributed by atoms with E-state index in [4.69, 9.17) is 4.74 Å². The number of carbonyl (C=O) groups is 1. The molecule has 1 amide bonds. The first-order chi connectivity index (χ1) is 16.0. The van der Waals surface area contributed by atoms with E-state index in [1.807, 2.05) is 79.4 Å². The van der Waals surface area contributed by atoms with E-state index >= 15 is 0 Å². The SMILES string of the molecule is COc1ccccc1N1CCN(C(=O)c2cc(S(=O)Nc3ccc(C)cc3)ccc2C)CC1. The second kappa shape index (κ2) is 10.1. The van der Waals surface area contributed by atoms with Crippen LogP contribution in [0, 0.1) is 13.8 Å². The third-order valence-corrected chi connectivity index (χ3v) is 7.01. The van der Waals surface area contributed by atoms with Gasteiger partial charge in [0, 0.05) is 37.4 Å². The smallest absolute Gasteiger partial charge is 0.254 e. The lowest BCUT2D eigenvalue weighted by Gasteiger charge is -2.36. The van der Waals surface area contributed by atoms with Crippen LogP contribution in [-0.4, -0.2) is 48.3 Å². The summed E-state index contributed by atoms with van der Waals surface area (Å²) in [5, 5.41) is 0. The van der Waals surface area contributed by atoms with Gasteiger partial charge >= 0.3 is 0 Å². The zero-order valence-corrected chi connectivity index (χ0v) is 20.0. The molecule has 172 valence electrons. The Balaban J connectivity index is 1.45. The standard InChI is InChI=1S/C26H29N3O3S/c1-19-8-11-21(12-9-19)27-33(31)22-13-10-20(2)23(18-22)26(30)29-16-14-28(15-17-29)24-6-4-5-7-25(24)32-3/h4-13,18,27H,14-17H2,1-3H3. The van der Waals surface area contributed by atoms with Crippen LogP contribution >= 0.6 is 0 Å². The van der Waals surface area contributed by atoms with Crippen LogP contribution in [0.4, 0.5) is 11.4 Å². The summed E-state index contributed by atoms with van der Waals surface area (Å²) in [7, 11) is 0.214. The summed E-state index contributed by atoms with van der Waals surface area (Å²) >= 11 is 0. The highest BCUT2D eigenvalue weighted by Crippen LogP contribution is 2.29. The van der Waals surface area contributed by atoms with Crippen molar-refractivity contribution in [3.63, 3.8) is 0 Å². The molecular formula is C26H29N3O3S. The van der Waals surface area contributed by atoms with E-state index < -0.39 is 11.0 Å². The van der Waals surface area contributed by atoms with Gasteiger partial charge in [0.25, 0.3) is 5.91 Å². The van der Waals surface area contributed by atoms with Gasteiger partial charge in [-0.15, -0.1) is 0 Å². The maximum absolute atomic E-state index is 13.3. The predicted molar refractivity (Wildman–Crippen MR) is 133 cm³/mol. The van der Waals surface area contributed by atoms with Gasteiger partial charge in [0.15, 0.2) is 0 Å². The number of aryl methyl sites for hydroxylation is 2. The first kappa shape index (κ1) is 22.9. The molecule has 0 spiro atoms. The van der Waals surface area contributed by atoms with Crippen LogP contribution in [0.1, 0.15) is 21.5 Å². The average molecular weight is 464 g/mol. The first-order valence-electron chi connectivity index (χ1n) is 11.0. The molecule has 0 bridgehead atoms. The third-order valence-electron chi connectivity index (χ3n) is 5.91. The van der Waals surface area contributed by atoms with Crippen LogP contribution < -0.4 is 14.4 Å².